The Morgan fingerprint density at radius 1 is 1.19 bits per heavy atom. The van der Waals surface area contributed by atoms with Crippen LogP contribution in [0.15, 0.2) is 36.4 Å². The molecule has 0 atom stereocenters. The van der Waals surface area contributed by atoms with Gasteiger partial charge in [0.25, 0.3) is 0 Å². The number of rotatable bonds is 6. The molecule has 0 heterocycles. The van der Waals surface area contributed by atoms with E-state index in [-0.39, 0.29) is 5.02 Å². The van der Waals surface area contributed by atoms with E-state index in [2.05, 4.69) is 18.3 Å². The lowest BCUT2D eigenvalue weighted by Crippen LogP contribution is -2.13. The van der Waals surface area contributed by atoms with Crippen LogP contribution in [-0.2, 0) is 13.2 Å². The smallest absolute Gasteiger partial charge is 0.142 e. The molecule has 0 aliphatic heterocycles. The zero-order chi connectivity index (χ0) is 15.2. The van der Waals surface area contributed by atoms with Crippen molar-refractivity contribution in [3.05, 3.63) is 63.9 Å². The summed E-state index contributed by atoms with van der Waals surface area (Å²) in [6.45, 7) is 6.08. The monoisotopic (exact) mass is 307 g/mol. The van der Waals surface area contributed by atoms with Crippen LogP contribution in [0.1, 0.15) is 23.6 Å². The SMILES string of the molecule is CCNCc1cc(C)ccc1OCc1ccc(Cl)c(F)c1. The van der Waals surface area contributed by atoms with Crippen molar-refractivity contribution in [1.29, 1.82) is 0 Å². The molecule has 21 heavy (non-hydrogen) atoms. The molecule has 112 valence electrons. The van der Waals surface area contributed by atoms with E-state index in [1.54, 1.807) is 12.1 Å². The van der Waals surface area contributed by atoms with E-state index in [0.29, 0.717) is 6.61 Å². The highest BCUT2D eigenvalue weighted by molar-refractivity contribution is 6.30. The van der Waals surface area contributed by atoms with Crippen LogP contribution < -0.4 is 10.1 Å². The minimum atomic E-state index is -0.422. The maximum atomic E-state index is 13.4. The first-order valence-electron chi connectivity index (χ1n) is 6.97. The van der Waals surface area contributed by atoms with Crippen molar-refractivity contribution in [3.8, 4) is 5.75 Å². The topological polar surface area (TPSA) is 21.3 Å². The number of nitrogens with one attached hydrogen (secondary N) is 1. The highest BCUT2D eigenvalue weighted by atomic mass is 35.5. The molecule has 2 aromatic carbocycles. The average Bonchev–Trinajstić information content (AvgIpc) is 2.47. The van der Waals surface area contributed by atoms with Crippen LogP contribution in [-0.4, -0.2) is 6.54 Å². The Morgan fingerprint density at radius 2 is 2.00 bits per heavy atom. The lowest BCUT2D eigenvalue weighted by molar-refractivity contribution is 0.301. The van der Waals surface area contributed by atoms with Crippen molar-refractivity contribution in [2.24, 2.45) is 0 Å². The zero-order valence-corrected chi connectivity index (χ0v) is 13.0. The van der Waals surface area contributed by atoms with Gasteiger partial charge in [-0.1, -0.05) is 42.3 Å². The highest BCUT2D eigenvalue weighted by Gasteiger charge is 2.06. The summed E-state index contributed by atoms with van der Waals surface area (Å²) >= 11 is 5.67. The summed E-state index contributed by atoms with van der Waals surface area (Å²) in [5.41, 5.74) is 3.05. The summed E-state index contributed by atoms with van der Waals surface area (Å²) < 4.78 is 19.2. The van der Waals surface area contributed by atoms with Crippen LogP contribution in [0, 0.1) is 12.7 Å². The zero-order valence-electron chi connectivity index (χ0n) is 12.2. The molecule has 0 aliphatic rings. The molecule has 2 nitrogen and oxygen atoms in total. The average molecular weight is 308 g/mol. The third kappa shape index (κ3) is 4.45. The molecular weight excluding hydrogens is 289 g/mol. The van der Waals surface area contributed by atoms with E-state index in [9.17, 15) is 4.39 Å². The summed E-state index contributed by atoms with van der Waals surface area (Å²) in [6.07, 6.45) is 0. The molecule has 0 fully saturated rings. The molecule has 0 aromatic heterocycles. The van der Waals surface area contributed by atoms with Gasteiger partial charge in [-0.3, -0.25) is 0 Å². The van der Waals surface area contributed by atoms with Gasteiger partial charge in [0.1, 0.15) is 18.2 Å². The van der Waals surface area contributed by atoms with Gasteiger partial charge in [-0.25, -0.2) is 4.39 Å². The van der Waals surface area contributed by atoms with E-state index in [1.807, 2.05) is 19.1 Å². The summed E-state index contributed by atoms with van der Waals surface area (Å²) in [5, 5.41) is 3.42. The van der Waals surface area contributed by atoms with Crippen molar-refractivity contribution >= 4 is 11.6 Å². The first-order chi connectivity index (χ1) is 10.1. The van der Waals surface area contributed by atoms with Crippen LogP contribution in [0.4, 0.5) is 4.39 Å². The Hall–Kier alpha value is -1.58. The molecule has 1 N–H and O–H groups in total. The Labute approximate surface area is 129 Å². The summed E-state index contributed by atoms with van der Waals surface area (Å²) in [6, 6.07) is 10.8. The van der Waals surface area contributed by atoms with Gasteiger partial charge in [0.15, 0.2) is 0 Å². The van der Waals surface area contributed by atoms with Gasteiger partial charge in [0.2, 0.25) is 0 Å². The minimum absolute atomic E-state index is 0.127. The molecule has 0 amide bonds. The van der Waals surface area contributed by atoms with E-state index >= 15 is 0 Å². The number of ether oxygens (including phenoxy) is 1. The van der Waals surface area contributed by atoms with Crippen LogP contribution in [0.5, 0.6) is 5.75 Å². The fourth-order valence-electron chi connectivity index (χ4n) is 2.04. The van der Waals surface area contributed by atoms with Crippen LogP contribution in [0.2, 0.25) is 5.02 Å². The van der Waals surface area contributed by atoms with Crippen molar-refractivity contribution in [2.75, 3.05) is 6.54 Å². The number of halogens is 2. The maximum Gasteiger partial charge on any atom is 0.142 e. The molecule has 2 rings (SSSR count). The van der Waals surface area contributed by atoms with Crippen molar-refractivity contribution in [2.45, 2.75) is 27.0 Å². The Morgan fingerprint density at radius 3 is 2.71 bits per heavy atom. The maximum absolute atomic E-state index is 13.4. The highest BCUT2D eigenvalue weighted by Crippen LogP contribution is 2.22. The fourth-order valence-corrected chi connectivity index (χ4v) is 2.15. The number of benzene rings is 2. The fraction of sp³-hybridized carbons (Fsp3) is 0.294. The summed E-state index contributed by atoms with van der Waals surface area (Å²) in [7, 11) is 0. The number of hydrogen-bond donors (Lipinski definition) is 1. The van der Waals surface area contributed by atoms with E-state index < -0.39 is 5.82 Å². The molecule has 2 aromatic rings. The quantitative estimate of drug-likeness (QED) is 0.850. The molecule has 4 heteroatoms. The first-order valence-corrected chi connectivity index (χ1v) is 7.35. The second-order valence-corrected chi connectivity index (χ2v) is 5.34. The third-order valence-electron chi connectivity index (χ3n) is 3.16. The molecule has 0 saturated carbocycles. The van der Waals surface area contributed by atoms with Gasteiger partial charge < -0.3 is 10.1 Å². The molecule has 0 unspecified atom stereocenters. The lowest BCUT2D eigenvalue weighted by atomic mass is 10.1. The van der Waals surface area contributed by atoms with Crippen molar-refractivity contribution in [3.63, 3.8) is 0 Å². The Kier molecular flexibility index (Phi) is 5.59. The van der Waals surface area contributed by atoms with Gasteiger partial charge in [-0.05, 0) is 37.2 Å². The summed E-state index contributed by atoms with van der Waals surface area (Å²) in [5.74, 6) is 0.395. The summed E-state index contributed by atoms with van der Waals surface area (Å²) in [4.78, 5) is 0. The normalized spacial score (nSPS) is 10.7. The van der Waals surface area contributed by atoms with Gasteiger partial charge in [-0.2, -0.15) is 0 Å². The van der Waals surface area contributed by atoms with Crippen LogP contribution in [0.25, 0.3) is 0 Å². The Balaban J connectivity index is 2.09. The minimum Gasteiger partial charge on any atom is -0.489 e. The molecule has 0 bridgehead atoms. The Bertz CT molecular complexity index is 616. The van der Waals surface area contributed by atoms with Crippen molar-refractivity contribution in [1.82, 2.24) is 5.32 Å². The largest absolute Gasteiger partial charge is 0.489 e. The number of hydrogen-bond acceptors (Lipinski definition) is 2. The van der Waals surface area contributed by atoms with Gasteiger partial charge in [0, 0.05) is 12.1 Å². The van der Waals surface area contributed by atoms with Gasteiger partial charge in [-0.15, -0.1) is 0 Å². The second kappa shape index (κ2) is 7.43. The van der Waals surface area contributed by atoms with Gasteiger partial charge >= 0.3 is 0 Å². The van der Waals surface area contributed by atoms with E-state index in [1.165, 1.54) is 11.6 Å². The predicted octanol–water partition coefficient (Wildman–Crippen LogP) is 4.48. The first kappa shape index (κ1) is 15.8. The number of aryl methyl sites for hydroxylation is 1. The molecule has 0 saturated heterocycles. The van der Waals surface area contributed by atoms with Crippen molar-refractivity contribution < 1.29 is 9.13 Å². The molecule has 0 aliphatic carbocycles. The lowest BCUT2D eigenvalue weighted by Gasteiger charge is -2.13. The van der Waals surface area contributed by atoms with Gasteiger partial charge in [0.05, 0.1) is 5.02 Å². The molecule has 0 spiro atoms. The van der Waals surface area contributed by atoms with Crippen LogP contribution in [0.3, 0.4) is 0 Å². The van der Waals surface area contributed by atoms with E-state index in [4.69, 9.17) is 16.3 Å². The molecule has 0 radical (unpaired) electrons. The second-order valence-electron chi connectivity index (χ2n) is 4.93. The predicted molar refractivity (Wildman–Crippen MR) is 84.3 cm³/mol. The third-order valence-corrected chi connectivity index (χ3v) is 3.47. The van der Waals surface area contributed by atoms with Crippen LogP contribution >= 0.6 is 11.6 Å². The standard InChI is InChI=1S/C17H19ClFNO/c1-3-20-10-14-8-12(2)4-7-17(14)21-11-13-5-6-15(18)16(19)9-13/h4-9,20H,3,10-11H2,1-2H3. The molecular formula is C17H19ClFNO. The van der Waals surface area contributed by atoms with E-state index in [0.717, 1.165) is 30.0 Å².